The second-order valence-electron chi connectivity index (χ2n) is 6.16. The maximum absolute atomic E-state index is 12.1. The van der Waals surface area contributed by atoms with Gasteiger partial charge in [0.2, 0.25) is 5.91 Å². The largest absolute Gasteiger partial charge is 0.349 e. The van der Waals surface area contributed by atoms with E-state index in [9.17, 15) is 4.79 Å². The predicted molar refractivity (Wildman–Crippen MR) is 84.0 cm³/mol. The molecule has 21 heavy (non-hydrogen) atoms. The van der Waals surface area contributed by atoms with E-state index < -0.39 is 0 Å². The number of aromatic nitrogens is 2. The Bertz CT molecular complexity index is 507. The quantitative estimate of drug-likeness (QED) is 0.825. The Morgan fingerprint density at radius 2 is 2.05 bits per heavy atom. The van der Waals surface area contributed by atoms with Gasteiger partial charge in [0.25, 0.3) is 0 Å². The summed E-state index contributed by atoms with van der Waals surface area (Å²) in [4.78, 5) is 16.2. The van der Waals surface area contributed by atoms with Gasteiger partial charge in [-0.05, 0) is 25.8 Å². The van der Waals surface area contributed by atoms with Gasteiger partial charge in [0.1, 0.15) is 0 Å². The highest BCUT2D eigenvalue weighted by atomic mass is 16.2. The van der Waals surface area contributed by atoms with E-state index in [0.717, 1.165) is 38.9 Å². The Hall–Kier alpha value is -1.36. The molecule has 1 atom stereocenters. The maximum atomic E-state index is 12.1. The minimum atomic E-state index is 0.159. The third-order valence-corrected chi connectivity index (χ3v) is 4.47. The number of nitrogens with zero attached hydrogens (tertiary/aromatic N) is 4. The summed E-state index contributed by atoms with van der Waals surface area (Å²) < 4.78 is 2.02. The number of likely N-dealkylation sites (tertiary alicyclic amines) is 1. The first-order valence-corrected chi connectivity index (χ1v) is 7.95. The molecule has 0 radical (unpaired) electrons. The fraction of sp³-hybridized carbons (Fsp3) is 0.750. The lowest BCUT2D eigenvalue weighted by atomic mass is 10.1. The number of amides is 1. The lowest BCUT2D eigenvalue weighted by Gasteiger charge is -2.18. The van der Waals surface area contributed by atoms with Crippen LogP contribution in [0, 0.1) is 5.92 Å². The van der Waals surface area contributed by atoms with Crippen LogP contribution in [0.25, 0.3) is 0 Å². The molecule has 0 saturated carbocycles. The second kappa shape index (κ2) is 6.60. The standard InChI is InChI=1S/C16H28N4O/c1-6-14-13(15(7-2)19(5)17-14)11-20-9-8-12(10-20)16(21)18(3)4/h12H,6-11H2,1-5H3. The summed E-state index contributed by atoms with van der Waals surface area (Å²) in [6, 6.07) is 0. The van der Waals surface area contributed by atoms with E-state index >= 15 is 0 Å². The Morgan fingerprint density at radius 1 is 1.33 bits per heavy atom. The van der Waals surface area contributed by atoms with E-state index in [0.29, 0.717) is 0 Å². The van der Waals surface area contributed by atoms with Crippen LogP contribution >= 0.6 is 0 Å². The minimum absolute atomic E-state index is 0.159. The number of carbonyl (C=O) groups excluding carboxylic acids is 1. The average Bonchev–Trinajstić information content (AvgIpc) is 3.03. The lowest BCUT2D eigenvalue weighted by molar-refractivity contribution is -0.132. The topological polar surface area (TPSA) is 41.4 Å². The predicted octanol–water partition coefficient (Wildman–Crippen LogP) is 1.46. The van der Waals surface area contributed by atoms with E-state index in [1.165, 1.54) is 17.0 Å². The molecule has 0 spiro atoms. The normalized spacial score (nSPS) is 19.2. The van der Waals surface area contributed by atoms with E-state index in [1.54, 1.807) is 4.90 Å². The Labute approximate surface area is 127 Å². The van der Waals surface area contributed by atoms with Crippen LogP contribution in [0.5, 0.6) is 0 Å². The number of hydrogen-bond donors (Lipinski definition) is 0. The van der Waals surface area contributed by atoms with Crippen LogP contribution in [0.2, 0.25) is 0 Å². The van der Waals surface area contributed by atoms with Crippen LogP contribution < -0.4 is 0 Å². The fourth-order valence-electron chi connectivity index (χ4n) is 3.34. The molecule has 0 aliphatic carbocycles. The summed E-state index contributed by atoms with van der Waals surface area (Å²) in [6.45, 7) is 7.15. The van der Waals surface area contributed by atoms with Crippen molar-refractivity contribution in [1.29, 1.82) is 0 Å². The zero-order valence-electron chi connectivity index (χ0n) is 14.0. The highest BCUT2D eigenvalue weighted by Gasteiger charge is 2.30. The first-order chi connectivity index (χ1) is 9.97. The highest BCUT2D eigenvalue weighted by Crippen LogP contribution is 2.23. The van der Waals surface area contributed by atoms with Crippen molar-refractivity contribution in [3.63, 3.8) is 0 Å². The van der Waals surface area contributed by atoms with Gasteiger partial charge in [0.15, 0.2) is 0 Å². The molecule has 1 amide bonds. The molecule has 1 aliphatic rings. The van der Waals surface area contributed by atoms with Gasteiger partial charge in [-0.3, -0.25) is 14.4 Å². The summed E-state index contributed by atoms with van der Waals surface area (Å²) in [5.41, 5.74) is 3.91. The average molecular weight is 292 g/mol. The van der Waals surface area contributed by atoms with Crippen molar-refractivity contribution >= 4 is 5.91 Å². The maximum Gasteiger partial charge on any atom is 0.226 e. The molecule has 2 heterocycles. The Balaban J connectivity index is 2.08. The molecular formula is C16H28N4O. The molecule has 0 aromatic carbocycles. The van der Waals surface area contributed by atoms with Gasteiger partial charge in [-0.1, -0.05) is 13.8 Å². The molecule has 0 N–H and O–H groups in total. The summed E-state index contributed by atoms with van der Waals surface area (Å²) >= 11 is 0. The summed E-state index contributed by atoms with van der Waals surface area (Å²) in [6.07, 6.45) is 2.95. The molecule has 1 aliphatic heterocycles. The first kappa shape index (κ1) is 16.0. The van der Waals surface area contributed by atoms with Crippen molar-refractivity contribution in [3.05, 3.63) is 17.0 Å². The van der Waals surface area contributed by atoms with E-state index in [1.807, 2.05) is 25.8 Å². The van der Waals surface area contributed by atoms with Crippen LogP contribution in [0.4, 0.5) is 0 Å². The van der Waals surface area contributed by atoms with Crippen LogP contribution in [0.1, 0.15) is 37.2 Å². The number of rotatable bonds is 5. The Kier molecular flexibility index (Phi) is 5.04. The van der Waals surface area contributed by atoms with Gasteiger partial charge >= 0.3 is 0 Å². The third kappa shape index (κ3) is 3.28. The van der Waals surface area contributed by atoms with Crippen LogP contribution in [-0.4, -0.2) is 52.7 Å². The zero-order chi connectivity index (χ0) is 15.6. The first-order valence-electron chi connectivity index (χ1n) is 7.95. The molecule has 5 nitrogen and oxygen atoms in total. The van der Waals surface area contributed by atoms with Crippen molar-refractivity contribution in [2.45, 2.75) is 39.7 Å². The summed E-state index contributed by atoms with van der Waals surface area (Å²) in [5.74, 6) is 0.418. The number of aryl methyl sites for hydroxylation is 2. The van der Waals surface area contributed by atoms with Crippen molar-refractivity contribution in [3.8, 4) is 0 Å². The van der Waals surface area contributed by atoms with Crippen LogP contribution in [0.15, 0.2) is 0 Å². The monoisotopic (exact) mass is 292 g/mol. The fourth-order valence-corrected chi connectivity index (χ4v) is 3.34. The van der Waals surface area contributed by atoms with E-state index in [2.05, 4.69) is 23.8 Å². The SMILES string of the molecule is CCc1nn(C)c(CC)c1CN1CCC(C(=O)N(C)C)C1. The molecular weight excluding hydrogens is 264 g/mol. The molecule has 1 aromatic rings. The number of hydrogen-bond acceptors (Lipinski definition) is 3. The van der Waals surface area contributed by atoms with E-state index in [4.69, 9.17) is 0 Å². The molecule has 2 rings (SSSR count). The highest BCUT2D eigenvalue weighted by molar-refractivity contribution is 5.78. The zero-order valence-corrected chi connectivity index (χ0v) is 14.0. The lowest BCUT2D eigenvalue weighted by Crippen LogP contribution is -2.31. The molecule has 118 valence electrons. The van der Waals surface area contributed by atoms with Crippen molar-refractivity contribution in [2.24, 2.45) is 13.0 Å². The van der Waals surface area contributed by atoms with Crippen molar-refractivity contribution in [2.75, 3.05) is 27.2 Å². The molecule has 1 fully saturated rings. The van der Waals surface area contributed by atoms with Crippen LogP contribution in [-0.2, 0) is 31.2 Å². The van der Waals surface area contributed by atoms with Crippen molar-refractivity contribution < 1.29 is 4.79 Å². The smallest absolute Gasteiger partial charge is 0.226 e. The van der Waals surface area contributed by atoms with E-state index in [-0.39, 0.29) is 11.8 Å². The molecule has 1 saturated heterocycles. The summed E-state index contributed by atoms with van der Waals surface area (Å²) in [5, 5.41) is 4.64. The van der Waals surface area contributed by atoms with Gasteiger partial charge in [-0.15, -0.1) is 0 Å². The Morgan fingerprint density at radius 3 is 2.62 bits per heavy atom. The molecule has 1 unspecified atom stereocenters. The number of carbonyl (C=O) groups is 1. The molecule has 1 aromatic heterocycles. The van der Waals surface area contributed by atoms with Gasteiger partial charge in [-0.2, -0.15) is 5.10 Å². The van der Waals surface area contributed by atoms with Gasteiger partial charge in [0, 0.05) is 45.5 Å². The van der Waals surface area contributed by atoms with Crippen molar-refractivity contribution in [1.82, 2.24) is 19.6 Å². The summed E-state index contributed by atoms with van der Waals surface area (Å²) in [7, 11) is 5.72. The molecule has 5 heteroatoms. The van der Waals surface area contributed by atoms with Gasteiger partial charge < -0.3 is 4.90 Å². The van der Waals surface area contributed by atoms with Crippen LogP contribution in [0.3, 0.4) is 0 Å². The van der Waals surface area contributed by atoms with Gasteiger partial charge in [0.05, 0.1) is 11.6 Å². The minimum Gasteiger partial charge on any atom is -0.349 e. The van der Waals surface area contributed by atoms with Gasteiger partial charge in [-0.25, -0.2) is 0 Å². The third-order valence-electron chi connectivity index (χ3n) is 4.47. The molecule has 0 bridgehead atoms. The second-order valence-corrected chi connectivity index (χ2v) is 6.16.